The maximum absolute atomic E-state index is 12.0. The van der Waals surface area contributed by atoms with Crippen LogP contribution in [0.4, 0.5) is 0 Å². The van der Waals surface area contributed by atoms with E-state index in [0.29, 0.717) is 27.5 Å². The summed E-state index contributed by atoms with van der Waals surface area (Å²) in [6.45, 7) is 0. The number of aromatic nitrogens is 3. The van der Waals surface area contributed by atoms with Crippen molar-refractivity contribution < 1.29 is 12.9 Å². The summed E-state index contributed by atoms with van der Waals surface area (Å²) in [7, 11) is -0.524. The van der Waals surface area contributed by atoms with Crippen molar-refractivity contribution in [3.63, 3.8) is 0 Å². The molecule has 0 fully saturated rings. The van der Waals surface area contributed by atoms with Gasteiger partial charge in [-0.05, 0) is 36.4 Å². The summed E-state index contributed by atoms with van der Waals surface area (Å²) >= 11 is 7.24. The fourth-order valence-corrected chi connectivity index (χ4v) is 3.63. The highest BCUT2D eigenvalue weighted by atomic mass is 35.5. The molecule has 0 aliphatic heterocycles. The van der Waals surface area contributed by atoms with E-state index in [1.807, 2.05) is 12.1 Å². The first kappa shape index (κ1) is 18.8. The van der Waals surface area contributed by atoms with Crippen molar-refractivity contribution in [3.05, 3.63) is 53.5 Å². The Hall–Kier alpha value is -1.94. The predicted molar refractivity (Wildman–Crippen MR) is 99.4 cm³/mol. The second-order valence-electron chi connectivity index (χ2n) is 5.43. The molecule has 0 atom stereocenters. The Morgan fingerprint density at radius 3 is 2.50 bits per heavy atom. The number of benzene rings is 1. The van der Waals surface area contributed by atoms with Gasteiger partial charge in [0.05, 0.1) is 10.8 Å². The second-order valence-corrected chi connectivity index (χ2v) is 9.01. The average Bonchev–Trinajstić information content (AvgIpc) is 3.10. The van der Waals surface area contributed by atoms with E-state index < -0.39 is 10.0 Å². The van der Waals surface area contributed by atoms with E-state index >= 15 is 0 Å². The molecule has 0 aliphatic rings. The molecule has 0 spiro atoms. The molecule has 0 unspecified atom stereocenters. The zero-order valence-electron chi connectivity index (χ0n) is 14.0. The van der Waals surface area contributed by atoms with Crippen LogP contribution in [-0.2, 0) is 15.8 Å². The Labute approximate surface area is 160 Å². The number of hydrogen-bond donors (Lipinski definition) is 0. The van der Waals surface area contributed by atoms with Crippen molar-refractivity contribution >= 4 is 33.4 Å². The number of sulfonamides is 1. The van der Waals surface area contributed by atoms with Crippen LogP contribution < -0.4 is 0 Å². The quantitative estimate of drug-likeness (QED) is 0.575. The molecule has 10 heteroatoms. The van der Waals surface area contributed by atoms with E-state index in [-0.39, 0.29) is 4.90 Å². The van der Waals surface area contributed by atoms with Crippen LogP contribution in [0.2, 0.25) is 5.02 Å². The summed E-state index contributed by atoms with van der Waals surface area (Å²) in [5.74, 6) is 1.36. The Balaban J connectivity index is 1.65. The first-order valence-corrected chi connectivity index (χ1v) is 10.3. The molecule has 0 amide bonds. The lowest BCUT2D eigenvalue weighted by molar-refractivity contribution is 0.391. The Bertz CT molecular complexity index is 987. The molecular formula is C16H15ClN4O3S2. The average molecular weight is 411 g/mol. The summed E-state index contributed by atoms with van der Waals surface area (Å²) in [4.78, 5) is 8.65. The maximum Gasteiger partial charge on any atom is 0.244 e. The largest absolute Gasteiger partial charge is 0.338 e. The van der Waals surface area contributed by atoms with Crippen molar-refractivity contribution in [3.8, 4) is 11.4 Å². The molecule has 136 valence electrons. The Kier molecular flexibility index (Phi) is 5.61. The molecule has 2 aromatic heterocycles. The fraction of sp³-hybridized carbons (Fsp3) is 0.188. The minimum Gasteiger partial charge on any atom is -0.338 e. The third-order valence-electron chi connectivity index (χ3n) is 3.40. The minimum atomic E-state index is -3.48. The molecule has 0 N–H and O–H groups in total. The summed E-state index contributed by atoms with van der Waals surface area (Å²) in [5, 5.41) is 5.25. The van der Waals surface area contributed by atoms with Gasteiger partial charge in [-0.1, -0.05) is 28.5 Å². The van der Waals surface area contributed by atoms with Crippen molar-refractivity contribution in [2.24, 2.45) is 0 Å². The minimum absolute atomic E-state index is 0.148. The summed E-state index contributed by atoms with van der Waals surface area (Å²) in [6, 6.07) is 10.3. The van der Waals surface area contributed by atoms with Crippen molar-refractivity contribution in [2.45, 2.75) is 15.7 Å². The molecule has 0 bridgehead atoms. The van der Waals surface area contributed by atoms with Crippen LogP contribution in [0, 0.1) is 0 Å². The number of thioether (sulfide) groups is 1. The molecular weight excluding hydrogens is 396 g/mol. The van der Waals surface area contributed by atoms with Crippen molar-refractivity contribution in [1.29, 1.82) is 0 Å². The molecule has 1 aromatic carbocycles. The highest BCUT2D eigenvalue weighted by Gasteiger charge is 2.17. The number of hydrogen-bond acceptors (Lipinski definition) is 7. The zero-order chi connectivity index (χ0) is 18.7. The first-order valence-electron chi connectivity index (χ1n) is 7.46. The SMILES string of the molecule is CN(C)S(=O)(=O)c1ccc(SCc2nc(-c3ccc(Cl)cc3)no2)nc1. The summed E-state index contributed by atoms with van der Waals surface area (Å²) < 4.78 is 30.4. The summed E-state index contributed by atoms with van der Waals surface area (Å²) in [5.41, 5.74) is 0.811. The van der Waals surface area contributed by atoms with Crippen LogP contribution in [0.5, 0.6) is 0 Å². The van der Waals surface area contributed by atoms with Crippen LogP contribution in [0.1, 0.15) is 5.89 Å². The van der Waals surface area contributed by atoms with Crippen LogP contribution in [0.25, 0.3) is 11.4 Å². The van der Waals surface area contributed by atoms with Gasteiger partial charge < -0.3 is 4.52 Å². The molecule has 7 nitrogen and oxygen atoms in total. The highest BCUT2D eigenvalue weighted by Crippen LogP contribution is 2.24. The molecule has 3 aromatic rings. The first-order chi connectivity index (χ1) is 12.4. The van der Waals surface area contributed by atoms with E-state index in [1.54, 1.807) is 18.2 Å². The predicted octanol–water partition coefficient (Wildman–Crippen LogP) is 3.33. The normalized spacial score (nSPS) is 11.8. The van der Waals surface area contributed by atoms with Gasteiger partial charge in [0.15, 0.2) is 0 Å². The van der Waals surface area contributed by atoms with Gasteiger partial charge in [0, 0.05) is 30.9 Å². The van der Waals surface area contributed by atoms with E-state index in [9.17, 15) is 8.42 Å². The van der Waals surface area contributed by atoms with Crippen LogP contribution >= 0.6 is 23.4 Å². The molecule has 0 saturated heterocycles. The lowest BCUT2D eigenvalue weighted by Gasteiger charge is -2.10. The molecule has 2 heterocycles. The Morgan fingerprint density at radius 1 is 1.15 bits per heavy atom. The van der Waals surface area contributed by atoms with E-state index in [4.69, 9.17) is 16.1 Å². The van der Waals surface area contributed by atoms with E-state index in [2.05, 4.69) is 15.1 Å². The number of halogens is 1. The fourth-order valence-electron chi connectivity index (χ4n) is 1.98. The van der Waals surface area contributed by atoms with Gasteiger partial charge in [0.25, 0.3) is 0 Å². The second kappa shape index (κ2) is 7.75. The monoisotopic (exact) mass is 410 g/mol. The van der Waals surface area contributed by atoms with Gasteiger partial charge in [-0.2, -0.15) is 4.98 Å². The van der Waals surface area contributed by atoms with Gasteiger partial charge in [0.1, 0.15) is 4.90 Å². The number of pyridine rings is 1. The van der Waals surface area contributed by atoms with Gasteiger partial charge in [-0.3, -0.25) is 0 Å². The van der Waals surface area contributed by atoms with Crippen LogP contribution in [0.3, 0.4) is 0 Å². The van der Waals surface area contributed by atoms with E-state index in [1.165, 1.54) is 38.1 Å². The lowest BCUT2D eigenvalue weighted by Crippen LogP contribution is -2.22. The molecule has 0 saturated carbocycles. The Morgan fingerprint density at radius 2 is 1.88 bits per heavy atom. The summed E-state index contributed by atoms with van der Waals surface area (Å²) in [6.07, 6.45) is 1.34. The zero-order valence-corrected chi connectivity index (χ0v) is 16.3. The van der Waals surface area contributed by atoms with E-state index in [0.717, 1.165) is 9.87 Å². The number of rotatable bonds is 6. The molecule has 0 radical (unpaired) electrons. The molecule has 0 aliphatic carbocycles. The topological polar surface area (TPSA) is 89.2 Å². The van der Waals surface area contributed by atoms with Crippen molar-refractivity contribution in [2.75, 3.05) is 14.1 Å². The van der Waals surface area contributed by atoms with Gasteiger partial charge in [0.2, 0.25) is 21.7 Å². The molecule has 3 rings (SSSR count). The van der Waals surface area contributed by atoms with Crippen LogP contribution in [-0.4, -0.2) is 41.9 Å². The van der Waals surface area contributed by atoms with Crippen molar-refractivity contribution in [1.82, 2.24) is 19.4 Å². The highest BCUT2D eigenvalue weighted by molar-refractivity contribution is 7.98. The maximum atomic E-state index is 12.0. The van der Waals surface area contributed by atoms with Gasteiger partial charge in [-0.25, -0.2) is 17.7 Å². The third-order valence-corrected chi connectivity index (χ3v) is 6.38. The smallest absolute Gasteiger partial charge is 0.244 e. The van der Waals surface area contributed by atoms with Crippen LogP contribution in [0.15, 0.2) is 57.0 Å². The lowest BCUT2D eigenvalue weighted by atomic mass is 10.2. The molecule has 26 heavy (non-hydrogen) atoms. The van der Waals surface area contributed by atoms with Gasteiger partial charge >= 0.3 is 0 Å². The number of nitrogens with zero attached hydrogens (tertiary/aromatic N) is 4. The standard InChI is InChI=1S/C16H15ClN4O3S2/c1-21(2)26(22,23)13-7-8-15(18-9-13)25-10-14-19-16(20-24-14)11-3-5-12(17)6-4-11/h3-9H,10H2,1-2H3. The third kappa shape index (κ3) is 4.24. The van der Waals surface area contributed by atoms with Gasteiger partial charge in [-0.15, -0.1) is 0 Å².